The predicted octanol–water partition coefficient (Wildman–Crippen LogP) is 4.08. The van der Waals surface area contributed by atoms with Crippen molar-refractivity contribution in [1.82, 2.24) is 47.4 Å². The number of carbonyl (C=O) groups excluding carboxylic acids is 7. The minimum absolute atomic E-state index is 0.0396. The van der Waals surface area contributed by atoms with Gasteiger partial charge >= 0.3 is 0 Å². The summed E-state index contributed by atoms with van der Waals surface area (Å²) in [7, 11) is 3.32. The summed E-state index contributed by atoms with van der Waals surface area (Å²) in [5, 5.41) is 24.1. The van der Waals surface area contributed by atoms with Crippen molar-refractivity contribution in [3.8, 4) is 0 Å². The van der Waals surface area contributed by atoms with Crippen LogP contribution in [0.5, 0.6) is 0 Å². The fraction of sp³-hybridized carbons (Fsp3) is 0.545. The van der Waals surface area contributed by atoms with Crippen LogP contribution in [-0.2, 0) is 48.0 Å². The summed E-state index contributed by atoms with van der Waals surface area (Å²) in [4.78, 5) is 99.3. The molecular weight excluding hydrogens is 899 g/mol. The number of carbonyl (C=O) groups is 7. The van der Waals surface area contributed by atoms with E-state index in [1.807, 2.05) is 77.9 Å². The SMILES string of the molecule is CNC(C)C(=O)NC(C(=O)NC(Cc1ccc(C(=O)N[C@H]2C[C@@H](C(=O)N[C@@H]3CCCc4ccccc43)N(C(=O)C(NC(=O)C(C)NC)C(C)(C)C)C2)cc1)C(=O)N[C@@H]1CCCc2ccccc21)C(C)(C)C. The Morgan fingerprint density at radius 2 is 1.11 bits per heavy atom. The first-order chi connectivity index (χ1) is 33.6. The summed E-state index contributed by atoms with van der Waals surface area (Å²) >= 11 is 0. The molecule has 3 aliphatic rings. The number of amides is 7. The lowest BCUT2D eigenvalue weighted by Gasteiger charge is -2.36. The first kappa shape index (κ1) is 54.2. The first-order valence-corrected chi connectivity index (χ1v) is 25.3. The summed E-state index contributed by atoms with van der Waals surface area (Å²) in [6.45, 7) is 14.6. The van der Waals surface area contributed by atoms with Crippen LogP contribution in [0, 0.1) is 10.8 Å². The van der Waals surface area contributed by atoms with Gasteiger partial charge in [-0.15, -0.1) is 0 Å². The van der Waals surface area contributed by atoms with Crippen molar-refractivity contribution in [3.63, 3.8) is 0 Å². The fourth-order valence-corrected chi connectivity index (χ4v) is 9.83. The molecule has 5 unspecified atom stereocenters. The highest BCUT2D eigenvalue weighted by Crippen LogP contribution is 2.33. The zero-order valence-electron chi connectivity index (χ0n) is 43.3. The highest BCUT2D eigenvalue weighted by molar-refractivity contribution is 5.97. The minimum atomic E-state index is -1.03. The summed E-state index contributed by atoms with van der Waals surface area (Å²) in [6, 6.07) is 16.8. The molecule has 8 N–H and O–H groups in total. The Labute approximate surface area is 419 Å². The summed E-state index contributed by atoms with van der Waals surface area (Å²) < 4.78 is 0. The Hall–Kier alpha value is -6.13. The molecule has 9 atom stereocenters. The average Bonchev–Trinajstić information content (AvgIpc) is 3.77. The maximum absolute atomic E-state index is 14.6. The van der Waals surface area contributed by atoms with Gasteiger partial charge < -0.3 is 47.4 Å². The lowest BCUT2D eigenvalue weighted by atomic mass is 9.85. The maximum atomic E-state index is 14.6. The number of hydrogen-bond donors (Lipinski definition) is 8. The van der Waals surface area contributed by atoms with E-state index in [4.69, 9.17) is 0 Å². The summed E-state index contributed by atoms with van der Waals surface area (Å²) in [5.41, 5.74) is 4.03. The van der Waals surface area contributed by atoms with Gasteiger partial charge in [-0.25, -0.2) is 0 Å². The van der Waals surface area contributed by atoms with Crippen LogP contribution in [0.3, 0.4) is 0 Å². The van der Waals surface area contributed by atoms with Gasteiger partial charge in [0.1, 0.15) is 24.2 Å². The lowest BCUT2D eigenvalue weighted by Crippen LogP contribution is -2.60. The number of likely N-dealkylation sites (tertiary alicyclic amines) is 1. The van der Waals surface area contributed by atoms with E-state index in [2.05, 4.69) is 54.7 Å². The molecule has 1 aliphatic heterocycles. The van der Waals surface area contributed by atoms with Crippen LogP contribution in [-0.4, -0.2) is 109 Å². The van der Waals surface area contributed by atoms with Crippen LogP contribution in [0.1, 0.15) is 138 Å². The molecule has 3 aromatic rings. The predicted molar refractivity (Wildman–Crippen MR) is 274 cm³/mol. The van der Waals surface area contributed by atoms with Gasteiger partial charge in [-0.05, 0) is 124 Å². The molecule has 0 radical (unpaired) electrons. The van der Waals surface area contributed by atoms with Gasteiger partial charge in [-0.1, -0.05) is 102 Å². The van der Waals surface area contributed by atoms with E-state index >= 15 is 0 Å². The number of rotatable bonds is 17. The number of likely N-dealkylation sites (N-methyl/N-ethyl adjacent to an activating group) is 2. The van der Waals surface area contributed by atoms with E-state index in [-0.39, 0.29) is 55.1 Å². The van der Waals surface area contributed by atoms with Crippen LogP contribution in [0.15, 0.2) is 72.8 Å². The van der Waals surface area contributed by atoms with Crippen LogP contribution >= 0.6 is 0 Å². The zero-order chi connectivity index (χ0) is 51.8. The molecule has 1 fully saturated rings. The van der Waals surface area contributed by atoms with E-state index in [0.29, 0.717) is 11.1 Å². The molecule has 384 valence electrons. The van der Waals surface area contributed by atoms with Gasteiger partial charge in [0, 0.05) is 24.6 Å². The quantitative estimate of drug-likeness (QED) is 0.0977. The molecule has 1 saturated heterocycles. The lowest BCUT2D eigenvalue weighted by molar-refractivity contribution is -0.144. The molecule has 0 bridgehead atoms. The molecule has 16 nitrogen and oxygen atoms in total. The van der Waals surface area contributed by atoms with E-state index in [1.165, 1.54) is 16.0 Å². The van der Waals surface area contributed by atoms with E-state index in [0.717, 1.165) is 49.7 Å². The van der Waals surface area contributed by atoms with Crippen molar-refractivity contribution in [3.05, 3.63) is 106 Å². The number of nitrogens with one attached hydrogen (secondary N) is 8. The van der Waals surface area contributed by atoms with Gasteiger partial charge in [0.05, 0.1) is 24.2 Å². The minimum Gasteiger partial charge on any atom is -0.347 e. The Balaban J connectivity index is 1.21. The summed E-state index contributed by atoms with van der Waals surface area (Å²) in [5.74, 6) is -2.74. The van der Waals surface area contributed by atoms with E-state index < -0.39 is 70.8 Å². The fourth-order valence-electron chi connectivity index (χ4n) is 9.83. The van der Waals surface area contributed by atoms with Crippen molar-refractivity contribution in [1.29, 1.82) is 0 Å². The number of fused-ring (bicyclic) bond motifs is 2. The van der Waals surface area contributed by atoms with E-state index in [9.17, 15) is 33.6 Å². The second-order valence-electron chi connectivity index (χ2n) is 21.8. The number of benzene rings is 3. The zero-order valence-corrected chi connectivity index (χ0v) is 43.3. The molecule has 3 aromatic carbocycles. The molecule has 71 heavy (non-hydrogen) atoms. The van der Waals surface area contributed by atoms with Gasteiger partial charge in [0.2, 0.25) is 35.4 Å². The van der Waals surface area contributed by atoms with Gasteiger partial charge in [-0.2, -0.15) is 0 Å². The number of aryl methyl sites for hydroxylation is 2. The highest BCUT2D eigenvalue weighted by Gasteiger charge is 2.46. The van der Waals surface area contributed by atoms with Crippen LogP contribution in [0.4, 0.5) is 0 Å². The van der Waals surface area contributed by atoms with Crippen LogP contribution in [0.25, 0.3) is 0 Å². The molecule has 16 heteroatoms. The maximum Gasteiger partial charge on any atom is 0.251 e. The Bertz CT molecular complexity index is 2410. The molecule has 7 amide bonds. The van der Waals surface area contributed by atoms with E-state index in [1.54, 1.807) is 52.2 Å². The van der Waals surface area contributed by atoms with Crippen LogP contribution < -0.4 is 42.5 Å². The highest BCUT2D eigenvalue weighted by atomic mass is 16.2. The largest absolute Gasteiger partial charge is 0.347 e. The molecular formula is C55H77N9O7. The smallest absolute Gasteiger partial charge is 0.251 e. The topological polar surface area (TPSA) is 219 Å². The Morgan fingerprint density at radius 3 is 1.63 bits per heavy atom. The normalized spacial score (nSPS) is 20.9. The van der Waals surface area contributed by atoms with Crippen molar-refractivity contribution < 1.29 is 33.6 Å². The molecule has 2 aliphatic carbocycles. The van der Waals surface area contributed by atoms with Crippen molar-refractivity contribution in [2.45, 2.75) is 161 Å². The van der Waals surface area contributed by atoms with Crippen molar-refractivity contribution in [2.75, 3.05) is 20.6 Å². The van der Waals surface area contributed by atoms with Gasteiger partial charge in [0.25, 0.3) is 5.91 Å². The number of nitrogens with zero attached hydrogens (tertiary/aromatic N) is 1. The Kier molecular flexibility index (Phi) is 17.9. The van der Waals surface area contributed by atoms with Crippen molar-refractivity contribution in [2.24, 2.45) is 10.8 Å². The molecule has 0 spiro atoms. The second kappa shape index (κ2) is 23.4. The first-order valence-electron chi connectivity index (χ1n) is 25.3. The molecule has 0 aromatic heterocycles. The number of hydrogen-bond acceptors (Lipinski definition) is 9. The standard InChI is InChI=1S/C55H77N9O7/c1-32(56-9)47(65)62-45(54(3,4)5)52(70)61-43(50(68)59-41-23-15-19-35-17-11-13-21-39(35)41)29-34-25-27-37(28-26-34)49(67)58-38-30-44(51(69)60-42-24-16-20-36-18-12-14-22-40(36)42)64(31-38)53(71)46(55(6,7)8)63-48(66)33(2)57-10/h11-14,17-18,21-22,25-28,32-33,38,41-46,56-57H,15-16,19-20,23-24,29-31H2,1-10H3,(H,58,67)(H,59,68)(H,60,69)(H,61,70)(H,62,65)(H,63,66)/t32?,33?,38-,41+,42+,43?,44-,45?,46?/m0/s1. The van der Waals surface area contributed by atoms with Crippen LogP contribution in [0.2, 0.25) is 0 Å². The molecule has 6 rings (SSSR count). The third-order valence-corrected chi connectivity index (χ3v) is 14.3. The third kappa shape index (κ3) is 13.6. The third-order valence-electron chi connectivity index (χ3n) is 14.3. The second-order valence-corrected chi connectivity index (χ2v) is 21.8. The van der Waals surface area contributed by atoms with Gasteiger partial charge in [0.15, 0.2) is 0 Å². The molecule has 0 saturated carbocycles. The summed E-state index contributed by atoms with van der Waals surface area (Å²) in [6.07, 6.45) is 5.37. The van der Waals surface area contributed by atoms with Gasteiger partial charge in [-0.3, -0.25) is 33.6 Å². The van der Waals surface area contributed by atoms with Crippen molar-refractivity contribution >= 4 is 41.4 Å². The average molecular weight is 976 g/mol. The molecule has 1 heterocycles. The monoisotopic (exact) mass is 976 g/mol. The Morgan fingerprint density at radius 1 is 0.606 bits per heavy atom.